The smallest absolute Gasteiger partial charge is 0.0501 e. The summed E-state index contributed by atoms with van der Waals surface area (Å²) >= 11 is 0. The van der Waals surface area contributed by atoms with Gasteiger partial charge in [-0.2, -0.15) is 0 Å². The average molecular weight is 288 g/mol. The molecule has 0 saturated carbocycles. The number of benzene rings is 1. The van der Waals surface area contributed by atoms with Crippen LogP contribution in [0.15, 0.2) is 30.5 Å². The molecule has 1 aromatic carbocycles. The molecule has 1 saturated heterocycles. The van der Waals surface area contributed by atoms with Gasteiger partial charge >= 0.3 is 0 Å². The van der Waals surface area contributed by atoms with Crippen molar-refractivity contribution in [2.45, 2.75) is 19.4 Å². The fourth-order valence-corrected chi connectivity index (χ4v) is 3.31. The molecule has 0 aliphatic carbocycles. The first-order valence-electron chi connectivity index (χ1n) is 7.64. The summed E-state index contributed by atoms with van der Waals surface area (Å²) in [5.41, 5.74) is 2.49. The van der Waals surface area contributed by atoms with E-state index < -0.39 is 0 Å². The topological polar surface area (TPSA) is 48.5 Å². The summed E-state index contributed by atoms with van der Waals surface area (Å²) < 4.78 is 5.43. The van der Waals surface area contributed by atoms with Crippen LogP contribution in [-0.2, 0) is 11.3 Å². The van der Waals surface area contributed by atoms with Gasteiger partial charge in [-0.1, -0.05) is 6.07 Å². The molecule has 21 heavy (non-hydrogen) atoms. The van der Waals surface area contributed by atoms with Crippen molar-refractivity contribution in [2.75, 3.05) is 33.4 Å². The number of nitrogens with zero attached hydrogens (tertiary/aromatic N) is 1. The largest absolute Gasteiger partial charge is 0.396 e. The van der Waals surface area contributed by atoms with Crippen LogP contribution in [0.3, 0.4) is 0 Å². The molecule has 2 N–H and O–H groups in total. The second kappa shape index (κ2) is 6.18. The van der Waals surface area contributed by atoms with Crippen LogP contribution < -0.4 is 0 Å². The highest BCUT2D eigenvalue weighted by molar-refractivity contribution is 5.79. The third-order valence-corrected chi connectivity index (χ3v) is 4.56. The van der Waals surface area contributed by atoms with E-state index in [4.69, 9.17) is 4.74 Å². The van der Waals surface area contributed by atoms with E-state index in [0.717, 1.165) is 39.1 Å². The lowest BCUT2D eigenvalue weighted by Crippen LogP contribution is -2.42. The first-order chi connectivity index (χ1) is 10.2. The minimum Gasteiger partial charge on any atom is -0.396 e. The SMILES string of the molecule is CN(Cc1ccc2[nH]ccc2c1)CC1(CO)CCOCC1. The highest BCUT2D eigenvalue weighted by Crippen LogP contribution is 2.31. The molecule has 0 amide bonds. The van der Waals surface area contributed by atoms with E-state index in [1.165, 1.54) is 16.5 Å². The van der Waals surface area contributed by atoms with Gasteiger partial charge in [0.1, 0.15) is 0 Å². The Bertz CT molecular complexity index is 587. The molecule has 0 bridgehead atoms. The molecule has 1 fully saturated rings. The van der Waals surface area contributed by atoms with Gasteiger partial charge < -0.3 is 19.7 Å². The Morgan fingerprint density at radius 2 is 2.10 bits per heavy atom. The zero-order valence-corrected chi connectivity index (χ0v) is 12.6. The minimum atomic E-state index is 0.00514. The van der Waals surface area contributed by atoms with Gasteiger partial charge in [-0.25, -0.2) is 0 Å². The summed E-state index contributed by atoms with van der Waals surface area (Å²) in [6, 6.07) is 8.64. The molecular formula is C17H24N2O2. The monoisotopic (exact) mass is 288 g/mol. The molecule has 4 nitrogen and oxygen atoms in total. The van der Waals surface area contributed by atoms with Gasteiger partial charge in [-0.3, -0.25) is 0 Å². The lowest BCUT2D eigenvalue weighted by Gasteiger charge is -2.38. The number of ether oxygens (including phenoxy) is 1. The molecule has 114 valence electrons. The van der Waals surface area contributed by atoms with Crippen LogP contribution in [0.2, 0.25) is 0 Å². The molecule has 1 aliphatic rings. The van der Waals surface area contributed by atoms with Gasteiger partial charge in [0.25, 0.3) is 0 Å². The van der Waals surface area contributed by atoms with Gasteiger partial charge in [0, 0.05) is 43.4 Å². The fraction of sp³-hybridized carbons (Fsp3) is 0.529. The molecule has 4 heteroatoms. The lowest BCUT2D eigenvalue weighted by molar-refractivity contribution is -0.0318. The number of rotatable bonds is 5. The highest BCUT2D eigenvalue weighted by atomic mass is 16.5. The standard InChI is InChI=1S/C17H24N2O2/c1-19(12-17(13-20)5-8-21-9-6-17)11-14-2-3-16-15(10-14)4-7-18-16/h2-4,7,10,18,20H,5-6,8-9,11-13H2,1H3. The highest BCUT2D eigenvalue weighted by Gasteiger charge is 2.33. The van der Waals surface area contributed by atoms with E-state index in [-0.39, 0.29) is 12.0 Å². The summed E-state index contributed by atoms with van der Waals surface area (Å²) in [5.74, 6) is 0. The maximum absolute atomic E-state index is 9.78. The van der Waals surface area contributed by atoms with Gasteiger partial charge in [0.05, 0.1) is 6.61 Å². The number of nitrogens with one attached hydrogen (secondary N) is 1. The molecule has 3 rings (SSSR count). The van der Waals surface area contributed by atoms with E-state index in [1.807, 2.05) is 6.20 Å². The fourth-order valence-electron chi connectivity index (χ4n) is 3.31. The predicted octanol–water partition coefficient (Wildman–Crippen LogP) is 2.39. The van der Waals surface area contributed by atoms with E-state index in [0.29, 0.717) is 0 Å². The van der Waals surface area contributed by atoms with Crippen molar-refractivity contribution in [1.29, 1.82) is 0 Å². The lowest BCUT2D eigenvalue weighted by atomic mass is 9.80. The van der Waals surface area contributed by atoms with Gasteiger partial charge in [0.2, 0.25) is 0 Å². The molecule has 0 unspecified atom stereocenters. The summed E-state index contributed by atoms with van der Waals surface area (Å²) in [7, 11) is 2.13. The zero-order chi connectivity index (χ0) is 14.7. The predicted molar refractivity (Wildman–Crippen MR) is 84.2 cm³/mol. The number of aromatic amines is 1. The Hall–Kier alpha value is -1.36. The Morgan fingerprint density at radius 1 is 1.29 bits per heavy atom. The first kappa shape index (κ1) is 14.6. The third kappa shape index (κ3) is 3.28. The van der Waals surface area contributed by atoms with Crippen molar-refractivity contribution in [3.8, 4) is 0 Å². The Balaban J connectivity index is 1.66. The van der Waals surface area contributed by atoms with Crippen molar-refractivity contribution >= 4 is 10.9 Å². The minimum absolute atomic E-state index is 0.00514. The van der Waals surface area contributed by atoms with Crippen molar-refractivity contribution in [3.05, 3.63) is 36.0 Å². The Labute approximate surface area is 125 Å². The molecule has 0 radical (unpaired) electrons. The van der Waals surface area contributed by atoms with Crippen LogP contribution in [0, 0.1) is 5.41 Å². The molecule has 2 aromatic rings. The summed E-state index contributed by atoms with van der Waals surface area (Å²) in [6.07, 6.45) is 3.87. The number of hydrogen-bond acceptors (Lipinski definition) is 3. The van der Waals surface area contributed by atoms with Crippen LogP contribution in [-0.4, -0.2) is 48.4 Å². The molecule has 0 spiro atoms. The van der Waals surface area contributed by atoms with Crippen molar-refractivity contribution in [3.63, 3.8) is 0 Å². The maximum atomic E-state index is 9.78. The van der Waals surface area contributed by atoms with Crippen molar-refractivity contribution in [1.82, 2.24) is 9.88 Å². The number of H-pyrrole nitrogens is 1. The van der Waals surface area contributed by atoms with E-state index in [2.05, 4.69) is 41.2 Å². The summed E-state index contributed by atoms with van der Waals surface area (Å²) in [6.45, 7) is 3.60. The van der Waals surface area contributed by atoms with E-state index >= 15 is 0 Å². The van der Waals surface area contributed by atoms with Gasteiger partial charge in [-0.05, 0) is 49.0 Å². The zero-order valence-electron chi connectivity index (χ0n) is 12.6. The molecule has 1 aliphatic heterocycles. The second-order valence-corrected chi connectivity index (χ2v) is 6.34. The number of fused-ring (bicyclic) bond motifs is 1. The number of hydrogen-bond donors (Lipinski definition) is 2. The van der Waals surface area contributed by atoms with Crippen molar-refractivity contribution < 1.29 is 9.84 Å². The number of aliphatic hydroxyl groups excluding tert-OH is 1. The van der Waals surface area contributed by atoms with Gasteiger partial charge in [-0.15, -0.1) is 0 Å². The normalized spacial score (nSPS) is 18.4. The van der Waals surface area contributed by atoms with Crippen LogP contribution in [0.1, 0.15) is 18.4 Å². The Morgan fingerprint density at radius 3 is 2.86 bits per heavy atom. The second-order valence-electron chi connectivity index (χ2n) is 6.34. The number of aromatic nitrogens is 1. The van der Waals surface area contributed by atoms with Crippen LogP contribution in [0.4, 0.5) is 0 Å². The quantitative estimate of drug-likeness (QED) is 0.888. The summed E-state index contributed by atoms with van der Waals surface area (Å²) in [4.78, 5) is 5.54. The average Bonchev–Trinajstić information content (AvgIpc) is 2.95. The molecule has 2 heterocycles. The molecule has 1 aromatic heterocycles. The molecule has 0 atom stereocenters. The van der Waals surface area contributed by atoms with Crippen molar-refractivity contribution in [2.24, 2.45) is 5.41 Å². The Kier molecular flexibility index (Phi) is 4.29. The van der Waals surface area contributed by atoms with E-state index in [1.54, 1.807) is 0 Å². The van der Waals surface area contributed by atoms with Crippen LogP contribution in [0.5, 0.6) is 0 Å². The van der Waals surface area contributed by atoms with Gasteiger partial charge in [0.15, 0.2) is 0 Å². The van der Waals surface area contributed by atoms with Crippen LogP contribution in [0.25, 0.3) is 10.9 Å². The summed E-state index contributed by atoms with van der Waals surface area (Å²) in [5, 5.41) is 11.0. The number of aliphatic hydroxyl groups is 1. The third-order valence-electron chi connectivity index (χ3n) is 4.56. The van der Waals surface area contributed by atoms with Crippen LogP contribution >= 0.6 is 0 Å². The molecular weight excluding hydrogens is 264 g/mol. The van der Waals surface area contributed by atoms with E-state index in [9.17, 15) is 5.11 Å². The maximum Gasteiger partial charge on any atom is 0.0501 e. The first-order valence-corrected chi connectivity index (χ1v) is 7.64.